The Morgan fingerprint density at radius 1 is 1.11 bits per heavy atom. The van der Waals surface area contributed by atoms with Crippen molar-refractivity contribution >= 4 is 11.3 Å². The van der Waals surface area contributed by atoms with Crippen molar-refractivity contribution in [1.29, 1.82) is 0 Å². The van der Waals surface area contributed by atoms with E-state index in [2.05, 4.69) is 53.1 Å². The maximum Gasteiger partial charge on any atom is 0.137 e. The Hall–Kier alpha value is -3.01. The van der Waals surface area contributed by atoms with E-state index in [1.54, 1.807) is 11.3 Å². The molecule has 0 fully saturated rings. The van der Waals surface area contributed by atoms with Crippen LogP contribution in [0.3, 0.4) is 0 Å². The highest BCUT2D eigenvalue weighted by atomic mass is 32.1. The minimum atomic E-state index is -1.66. The van der Waals surface area contributed by atoms with E-state index in [-0.39, 0.29) is 12.1 Å². The Balaban J connectivity index is 1.43. The predicted molar refractivity (Wildman–Crippen MR) is 135 cm³/mol. The van der Waals surface area contributed by atoms with Crippen LogP contribution in [-0.2, 0) is 25.1 Å². The Morgan fingerprint density at radius 2 is 1.89 bits per heavy atom. The lowest BCUT2D eigenvalue weighted by atomic mass is 9.85. The molecule has 0 unspecified atom stereocenters. The molecule has 0 aliphatic carbocycles. The number of fused-ring (bicyclic) bond motifs is 1. The number of halogens is 2. The fourth-order valence-electron chi connectivity index (χ4n) is 4.83. The summed E-state index contributed by atoms with van der Waals surface area (Å²) in [5, 5.41) is 17.0. The lowest BCUT2D eigenvalue weighted by Crippen LogP contribution is -2.53. The van der Waals surface area contributed by atoms with Gasteiger partial charge in [-0.2, -0.15) is 5.10 Å². The number of rotatable bonds is 7. The molecule has 9 heteroatoms. The molecule has 0 saturated heterocycles. The van der Waals surface area contributed by atoms with Crippen molar-refractivity contribution in [2.75, 3.05) is 6.54 Å². The van der Waals surface area contributed by atoms with Gasteiger partial charge in [-0.1, -0.05) is 44.2 Å². The van der Waals surface area contributed by atoms with Gasteiger partial charge in [0.1, 0.15) is 34.9 Å². The second kappa shape index (κ2) is 9.80. The molecule has 2 aromatic heterocycles. The molecule has 188 valence electrons. The molecular weight excluding hydrogens is 480 g/mol. The van der Waals surface area contributed by atoms with Crippen molar-refractivity contribution in [3.8, 4) is 10.6 Å². The largest absolute Gasteiger partial charge is 0.381 e. The first-order chi connectivity index (χ1) is 17.2. The molecule has 0 spiro atoms. The number of aromatic nitrogens is 4. The lowest BCUT2D eigenvalue weighted by molar-refractivity contribution is -0.0675. The van der Waals surface area contributed by atoms with Gasteiger partial charge in [-0.25, -0.2) is 23.4 Å². The van der Waals surface area contributed by atoms with Gasteiger partial charge in [0.15, 0.2) is 0 Å². The predicted octanol–water partition coefficient (Wildman–Crippen LogP) is 5.14. The summed E-state index contributed by atoms with van der Waals surface area (Å²) in [4.78, 5) is 12.1. The van der Waals surface area contributed by atoms with E-state index in [9.17, 15) is 13.9 Å². The number of hydrogen-bond acceptors (Lipinski definition) is 6. The summed E-state index contributed by atoms with van der Waals surface area (Å²) >= 11 is 1.66. The van der Waals surface area contributed by atoms with Gasteiger partial charge >= 0.3 is 0 Å². The summed E-state index contributed by atoms with van der Waals surface area (Å²) < 4.78 is 30.1. The summed E-state index contributed by atoms with van der Waals surface area (Å²) in [6.07, 6.45) is 3.57. The van der Waals surface area contributed by atoms with Crippen LogP contribution in [0.25, 0.3) is 10.6 Å². The average molecular weight is 510 g/mol. The molecule has 5 rings (SSSR count). The number of benzene rings is 2. The van der Waals surface area contributed by atoms with Crippen molar-refractivity contribution in [2.24, 2.45) is 0 Å². The third-order valence-corrected chi connectivity index (χ3v) is 8.22. The molecule has 6 nitrogen and oxygen atoms in total. The molecule has 2 aromatic carbocycles. The van der Waals surface area contributed by atoms with E-state index in [1.807, 2.05) is 6.92 Å². The Morgan fingerprint density at radius 3 is 2.56 bits per heavy atom. The summed E-state index contributed by atoms with van der Waals surface area (Å²) in [7, 11) is 0. The molecule has 1 aliphatic rings. The average Bonchev–Trinajstić information content (AvgIpc) is 3.52. The zero-order valence-corrected chi connectivity index (χ0v) is 21.3. The molecule has 36 heavy (non-hydrogen) atoms. The molecule has 0 amide bonds. The molecule has 4 aromatic rings. The third kappa shape index (κ3) is 4.70. The number of aliphatic hydroxyl groups is 1. The zero-order valence-electron chi connectivity index (χ0n) is 20.5. The molecule has 2 atom stereocenters. The highest BCUT2D eigenvalue weighted by molar-refractivity contribution is 7.15. The molecule has 0 saturated carbocycles. The van der Waals surface area contributed by atoms with Crippen molar-refractivity contribution in [3.05, 3.63) is 88.5 Å². The first kappa shape index (κ1) is 24.7. The first-order valence-electron chi connectivity index (χ1n) is 12.1. The highest BCUT2D eigenvalue weighted by Crippen LogP contribution is 2.37. The van der Waals surface area contributed by atoms with E-state index in [4.69, 9.17) is 4.98 Å². The summed E-state index contributed by atoms with van der Waals surface area (Å²) in [6.45, 7) is 7.45. The van der Waals surface area contributed by atoms with Gasteiger partial charge in [0.25, 0.3) is 0 Å². The van der Waals surface area contributed by atoms with Gasteiger partial charge in [0, 0.05) is 47.6 Å². The Bertz CT molecular complexity index is 1340. The Kier molecular flexibility index (Phi) is 6.72. The van der Waals surface area contributed by atoms with Crippen molar-refractivity contribution in [3.63, 3.8) is 0 Å². The van der Waals surface area contributed by atoms with Crippen molar-refractivity contribution in [2.45, 2.75) is 57.8 Å². The maximum atomic E-state index is 14.9. The summed E-state index contributed by atoms with van der Waals surface area (Å²) in [5.41, 5.74) is 1.82. The van der Waals surface area contributed by atoms with Crippen LogP contribution in [0.4, 0.5) is 8.78 Å². The molecule has 0 bridgehead atoms. The molecule has 3 heterocycles. The second-order valence-electron chi connectivity index (χ2n) is 9.70. The first-order valence-corrected chi connectivity index (χ1v) is 12.9. The quantitative estimate of drug-likeness (QED) is 0.374. The maximum absolute atomic E-state index is 14.9. The van der Waals surface area contributed by atoms with E-state index in [0.717, 1.165) is 33.6 Å². The topological polar surface area (TPSA) is 67.1 Å². The van der Waals surface area contributed by atoms with Gasteiger partial charge < -0.3 is 5.11 Å². The summed E-state index contributed by atoms with van der Waals surface area (Å²) in [6, 6.07) is 11.3. The fraction of sp³-hybridized carbons (Fsp3) is 0.370. The number of nitrogens with zero attached hydrogens (tertiary/aromatic N) is 5. The van der Waals surface area contributed by atoms with Crippen LogP contribution < -0.4 is 0 Å². The normalized spacial score (nSPS) is 16.6. The number of hydrogen-bond donors (Lipinski definition) is 1. The van der Waals surface area contributed by atoms with Gasteiger partial charge in [-0.05, 0) is 24.5 Å². The molecule has 1 aliphatic heterocycles. The van der Waals surface area contributed by atoms with E-state index in [0.29, 0.717) is 19.0 Å². The van der Waals surface area contributed by atoms with E-state index in [1.165, 1.54) is 35.0 Å². The van der Waals surface area contributed by atoms with Gasteiger partial charge in [0.2, 0.25) is 0 Å². The van der Waals surface area contributed by atoms with Gasteiger partial charge in [-0.15, -0.1) is 11.3 Å². The zero-order chi connectivity index (χ0) is 25.4. The van der Waals surface area contributed by atoms with Crippen LogP contribution in [0.5, 0.6) is 0 Å². The smallest absolute Gasteiger partial charge is 0.137 e. The van der Waals surface area contributed by atoms with Crippen molar-refractivity contribution < 1.29 is 13.9 Å². The highest BCUT2D eigenvalue weighted by Gasteiger charge is 2.43. The fourth-order valence-corrected chi connectivity index (χ4v) is 5.97. The third-order valence-electron chi connectivity index (χ3n) is 7.09. The minimum absolute atomic E-state index is 0.0176. The van der Waals surface area contributed by atoms with E-state index < -0.39 is 23.3 Å². The molecular formula is C27H29F2N5OS. The SMILES string of the molecule is CC(C)c1ccc(-c2nc3c(s2)CN([C@H](C)[C@](O)(Cn2cncn2)c2ccc(F)cc2F)CC3)cc1. The second-order valence-corrected chi connectivity index (χ2v) is 10.8. The van der Waals surface area contributed by atoms with Crippen LogP contribution in [0, 0.1) is 11.6 Å². The van der Waals surface area contributed by atoms with Crippen LogP contribution >= 0.6 is 11.3 Å². The van der Waals surface area contributed by atoms with Crippen LogP contribution in [0.15, 0.2) is 55.1 Å². The molecule has 1 N–H and O–H groups in total. The Labute approximate surface area is 213 Å². The lowest BCUT2D eigenvalue weighted by Gasteiger charge is -2.42. The minimum Gasteiger partial charge on any atom is -0.381 e. The summed E-state index contributed by atoms with van der Waals surface area (Å²) in [5.74, 6) is -0.999. The van der Waals surface area contributed by atoms with Crippen molar-refractivity contribution in [1.82, 2.24) is 24.6 Å². The van der Waals surface area contributed by atoms with Gasteiger partial charge in [-0.3, -0.25) is 4.90 Å². The van der Waals surface area contributed by atoms with Crippen LogP contribution in [0.1, 0.15) is 48.4 Å². The van der Waals surface area contributed by atoms with Crippen LogP contribution in [0.2, 0.25) is 0 Å². The number of thiazole rings is 1. The monoisotopic (exact) mass is 509 g/mol. The van der Waals surface area contributed by atoms with Crippen LogP contribution in [-0.4, -0.2) is 42.3 Å². The molecule has 0 radical (unpaired) electrons. The van der Waals surface area contributed by atoms with E-state index >= 15 is 0 Å². The standard InChI is InChI=1S/C27H29F2N5OS/c1-17(2)19-4-6-20(7-5-19)26-32-24-10-11-33(13-25(24)36-26)18(3)27(35,14-34-16-30-15-31-34)22-9-8-21(28)12-23(22)29/h4-9,12,15-18,35H,10-11,13-14H2,1-3H3/t18-,27-/m1/s1. The van der Waals surface area contributed by atoms with Gasteiger partial charge in [0.05, 0.1) is 12.2 Å².